The van der Waals surface area contributed by atoms with Crippen LogP contribution in [0.15, 0.2) is 66.7 Å². The van der Waals surface area contributed by atoms with E-state index >= 15 is 0 Å². The molecule has 0 heterocycles. The van der Waals surface area contributed by atoms with Gasteiger partial charge in [0, 0.05) is 16.8 Å². The van der Waals surface area contributed by atoms with Crippen molar-refractivity contribution < 1.29 is 23.8 Å². The van der Waals surface area contributed by atoms with Crippen LogP contribution >= 0.6 is 0 Å². The maximum atomic E-state index is 12.9. The average Bonchev–Trinajstić information content (AvgIpc) is 2.87. The first kappa shape index (κ1) is 26.8. The van der Waals surface area contributed by atoms with Crippen molar-refractivity contribution in [2.24, 2.45) is 0 Å². The van der Waals surface area contributed by atoms with Crippen LogP contribution in [0.1, 0.15) is 72.4 Å². The smallest absolute Gasteiger partial charge is 0.338 e. The quantitative estimate of drug-likeness (QED) is 0.251. The molecule has 0 bridgehead atoms. The minimum Gasteiger partial charge on any atom is -0.496 e. The molecular formula is C30H35NO5. The van der Waals surface area contributed by atoms with Crippen LogP contribution in [0.3, 0.4) is 0 Å². The van der Waals surface area contributed by atoms with Gasteiger partial charge in [0.2, 0.25) is 0 Å². The number of amides is 1. The summed E-state index contributed by atoms with van der Waals surface area (Å²) in [6.07, 6.45) is 1.79. The van der Waals surface area contributed by atoms with Gasteiger partial charge in [0.1, 0.15) is 18.1 Å². The van der Waals surface area contributed by atoms with Crippen molar-refractivity contribution in [3.05, 3.63) is 89.0 Å². The standard InChI is InChI=1S/C30H35NO5/c1-6-7-18-35-29(33)21-8-13-25(14-9-21)31-28(32)22-10-17-27(34-5)23(19-22)20-36-26-15-11-24(12-16-26)30(2,3)4/h8-17,19H,6-7,18,20H2,1-5H3,(H,31,32). The molecule has 0 aromatic heterocycles. The van der Waals surface area contributed by atoms with Crippen LogP contribution in [0.2, 0.25) is 0 Å². The normalized spacial score (nSPS) is 11.0. The van der Waals surface area contributed by atoms with Crippen molar-refractivity contribution in [1.29, 1.82) is 0 Å². The van der Waals surface area contributed by atoms with Crippen LogP contribution in [0.25, 0.3) is 0 Å². The van der Waals surface area contributed by atoms with Gasteiger partial charge in [-0.25, -0.2) is 4.79 Å². The lowest BCUT2D eigenvalue weighted by Crippen LogP contribution is -2.13. The molecule has 3 rings (SSSR count). The predicted molar refractivity (Wildman–Crippen MR) is 142 cm³/mol. The molecule has 36 heavy (non-hydrogen) atoms. The van der Waals surface area contributed by atoms with E-state index in [9.17, 15) is 9.59 Å². The van der Waals surface area contributed by atoms with Gasteiger partial charge < -0.3 is 19.5 Å². The third-order valence-electron chi connectivity index (χ3n) is 5.77. The Balaban J connectivity index is 1.65. The van der Waals surface area contributed by atoms with E-state index in [0.29, 0.717) is 29.2 Å². The number of anilines is 1. The number of nitrogens with one attached hydrogen (secondary N) is 1. The van der Waals surface area contributed by atoms with Gasteiger partial charge in [-0.2, -0.15) is 0 Å². The van der Waals surface area contributed by atoms with Gasteiger partial charge >= 0.3 is 5.97 Å². The number of rotatable bonds is 10. The third kappa shape index (κ3) is 7.35. The molecule has 0 aliphatic heterocycles. The number of hydrogen-bond acceptors (Lipinski definition) is 5. The molecule has 0 fully saturated rings. The number of unbranched alkanes of at least 4 members (excludes halogenated alkanes) is 1. The van der Waals surface area contributed by atoms with E-state index in [1.165, 1.54) is 5.56 Å². The lowest BCUT2D eigenvalue weighted by Gasteiger charge is -2.19. The van der Waals surface area contributed by atoms with Crippen molar-refractivity contribution in [2.45, 2.75) is 52.6 Å². The summed E-state index contributed by atoms with van der Waals surface area (Å²) < 4.78 is 16.7. The molecule has 0 aliphatic carbocycles. The summed E-state index contributed by atoms with van der Waals surface area (Å²) in [7, 11) is 1.59. The van der Waals surface area contributed by atoms with Crippen LogP contribution in [0.5, 0.6) is 11.5 Å². The summed E-state index contributed by atoms with van der Waals surface area (Å²) in [4.78, 5) is 24.9. The van der Waals surface area contributed by atoms with Gasteiger partial charge in [-0.05, 0) is 72.0 Å². The van der Waals surface area contributed by atoms with Crippen molar-refractivity contribution >= 4 is 17.6 Å². The number of carbonyl (C=O) groups excluding carboxylic acids is 2. The number of hydrogen-bond donors (Lipinski definition) is 1. The average molecular weight is 490 g/mol. The van der Waals surface area contributed by atoms with Gasteiger partial charge in [-0.15, -0.1) is 0 Å². The number of ether oxygens (including phenoxy) is 3. The first-order valence-corrected chi connectivity index (χ1v) is 12.2. The fraction of sp³-hybridized carbons (Fsp3) is 0.333. The Morgan fingerprint density at radius 2 is 1.56 bits per heavy atom. The lowest BCUT2D eigenvalue weighted by molar-refractivity contribution is 0.0499. The summed E-state index contributed by atoms with van der Waals surface area (Å²) in [6, 6.07) is 19.9. The van der Waals surface area contributed by atoms with E-state index in [-0.39, 0.29) is 23.9 Å². The minimum atomic E-state index is -0.367. The Morgan fingerprint density at radius 3 is 2.17 bits per heavy atom. The molecule has 0 spiro atoms. The summed E-state index contributed by atoms with van der Waals surface area (Å²) in [5.74, 6) is 0.748. The van der Waals surface area contributed by atoms with Crippen LogP contribution < -0.4 is 14.8 Å². The van der Waals surface area contributed by atoms with Crippen molar-refractivity contribution in [2.75, 3.05) is 19.0 Å². The summed E-state index contributed by atoms with van der Waals surface area (Å²) in [5.41, 5.74) is 3.56. The first-order chi connectivity index (χ1) is 17.2. The molecule has 0 unspecified atom stereocenters. The third-order valence-corrected chi connectivity index (χ3v) is 5.77. The second-order valence-corrected chi connectivity index (χ2v) is 9.61. The van der Waals surface area contributed by atoms with Gasteiger partial charge in [0.15, 0.2) is 0 Å². The number of benzene rings is 3. The molecule has 0 saturated heterocycles. The Bertz CT molecular complexity index is 1160. The summed E-state index contributed by atoms with van der Waals surface area (Å²) >= 11 is 0. The molecule has 0 atom stereocenters. The zero-order valence-electron chi connectivity index (χ0n) is 21.7. The van der Waals surface area contributed by atoms with Crippen LogP contribution in [-0.2, 0) is 16.8 Å². The predicted octanol–water partition coefficient (Wildman–Crippen LogP) is 6.78. The van der Waals surface area contributed by atoms with Crippen molar-refractivity contribution in [3.63, 3.8) is 0 Å². The highest BCUT2D eigenvalue weighted by molar-refractivity contribution is 6.04. The Kier molecular flexibility index (Phi) is 9.12. The Labute approximate surface area is 213 Å². The number of esters is 1. The molecule has 3 aromatic rings. The molecule has 0 aliphatic rings. The molecule has 6 nitrogen and oxygen atoms in total. The largest absolute Gasteiger partial charge is 0.496 e. The zero-order chi connectivity index (χ0) is 26.1. The van der Waals surface area contributed by atoms with Gasteiger partial charge in [-0.1, -0.05) is 46.2 Å². The molecule has 1 N–H and O–H groups in total. The molecule has 190 valence electrons. The van der Waals surface area contributed by atoms with Crippen LogP contribution in [-0.4, -0.2) is 25.6 Å². The Hall–Kier alpha value is -3.80. The second-order valence-electron chi connectivity index (χ2n) is 9.61. The van der Waals surface area contributed by atoms with Crippen LogP contribution in [0.4, 0.5) is 5.69 Å². The fourth-order valence-corrected chi connectivity index (χ4v) is 3.53. The fourth-order valence-electron chi connectivity index (χ4n) is 3.53. The second kappa shape index (κ2) is 12.2. The highest BCUT2D eigenvalue weighted by Crippen LogP contribution is 2.26. The van der Waals surface area contributed by atoms with E-state index in [1.807, 2.05) is 19.1 Å². The lowest BCUT2D eigenvalue weighted by atomic mass is 9.87. The summed E-state index contributed by atoms with van der Waals surface area (Å²) in [5, 5.41) is 2.86. The van der Waals surface area contributed by atoms with E-state index in [1.54, 1.807) is 49.6 Å². The molecule has 0 radical (unpaired) electrons. The maximum absolute atomic E-state index is 12.9. The molecule has 3 aromatic carbocycles. The maximum Gasteiger partial charge on any atom is 0.338 e. The van der Waals surface area contributed by atoms with Gasteiger partial charge in [0.05, 0.1) is 19.3 Å². The van der Waals surface area contributed by atoms with E-state index < -0.39 is 0 Å². The SMILES string of the molecule is CCCCOC(=O)c1ccc(NC(=O)c2ccc(OC)c(COc3ccc(C(C)(C)C)cc3)c2)cc1. The highest BCUT2D eigenvalue weighted by atomic mass is 16.5. The zero-order valence-corrected chi connectivity index (χ0v) is 21.7. The number of methoxy groups -OCH3 is 1. The number of carbonyl (C=O) groups is 2. The van der Waals surface area contributed by atoms with E-state index in [0.717, 1.165) is 24.2 Å². The minimum absolute atomic E-state index is 0.0711. The Morgan fingerprint density at radius 1 is 0.889 bits per heavy atom. The van der Waals surface area contributed by atoms with Gasteiger partial charge in [-0.3, -0.25) is 4.79 Å². The van der Waals surface area contributed by atoms with Crippen molar-refractivity contribution in [3.8, 4) is 11.5 Å². The topological polar surface area (TPSA) is 73.9 Å². The summed E-state index contributed by atoms with van der Waals surface area (Å²) in [6.45, 7) is 9.20. The first-order valence-electron chi connectivity index (χ1n) is 12.2. The molecule has 1 amide bonds. The van der Waals surface area contributed by atoms with E-state index in [4.69, 9.17) is 14.2 Å². The van der Waals surface area contributed by atoms with Crippen LogP contribution in [0, 0.1) is 0 Å². The van der Waals surface area contributed by atoms with Crippen molar-refractivity contribution in [1.82, 2.24) is 0 Å². The van der Waals surface area contributed by atoms with E-state index in [2.05, 4.69) is 38.2 Å². The molecular weight excluding hydrogens is 454 g/mol. The molecule has 6 heteroatoms. The highest BCUT2D eigenvalue weighted by Gasteiger charge is 2.15. The monoisotopic (exact) mass is 489 g/mol. The molecule has 0 saturated carbocycles. The van der Waals surface area contributed by atoms with Gasteiger partial charge in [0.25, 0.3) is 5.91 Å².